The number of carbonyl (C=O) groups excluding carboxylic acids is 2. The normalized spacial score (nSPS) is 11.0. The van der Waals surface area contributed by atoms with Gasteiger partial charge in [-0.25, -0.2) is 4.79 Å². The zero-order chi connectivity index (χ0) is 17.3. The van der Waals surface area contributed by atoms with E-state index in [1.807, 2.05) is 0 Å². The van der Waals surface area contributed by atoms with E-state index in [0.717, 1.165) is 0 Å². The van der Waals surface area contributed by atoms with E-state index < -0.39 is 11.5 Å². The summed E-state index contributed by atoms with van der Waals surface area (Å²) < 4.78 is 40.4. The Morgan fingerprint density at radius 2 is 1.87 bits per heavy atom. The van der Waals surface area contributed by atoms with E-state index in [9.17, 15) is 22.8 Å². The fourth-order valence-electron chi connectivity index (χ4n) is 1.51. The minimum atomic E-state index is -4.31. The number of thioether (sulfide) groups is 1. The van der Waals surface area contributed by atoms with E-state index in [1.165, 1.54) is 13.2 Å². The number of ether oxygens (including phenoxy) is 1. The Bertz CT molecular complexity index is 541. The summed E-state index contributed by atoms with van der Waals surface area (Å²) in [5.41, 5.74) is -3.47. The Hall–Kier alpha value is -1.94. The number of rotatable bonds is 7. The largest absolute Gasteiger partial charge is 0.441 e. The van der Waals surface area contributed by atoms with E-state index in [4.69, 9.17) is 0 Å². The number of amides is 3. The molecule has 0 heterocycles. The molecule has 0 aliphatic carbocycles. The van der Waals surface area contributed by atoms with Gasteiger partial charge in [-0.1, -0.05) is 6.07 Å². The second-order valence-electron chi connectivity index (χ2n) is 4.24. The van der Waals surface area contributed by atoms with Crippen molar-refractivity contribution < 1.29 is 27.5 Å². The third-order valence-corrected chi connectivity index (χ3v) is 3.07. The molecular weight excluding hydrogens is 335 g/mol. The molecule has 0 spiro atoms. The molecule has 0 aromatic heterocycles. The number of hydrogen-bond acceptors (Lipinski definition) is 4. The fraction of sp³-hybridized carbons (Fsp3) is 0.385. The highest BCUT2D eigenvalue weighted by Crippen LogP contribution is 2.29. The summed E-state index contributed by atoms with van der Waals surface area (Å²) >= 11 is -0.206. The molecule has 128 valence electrons. The molecule has 0 fully saturated rings. The standard InChI is InChI=1S/C13H16F3N3O3S/c1-22-8-11(20)18-9-3-2-4-10(7-9)19-12(21)17-5-6-23-13(14,15)16/h2-4,7H,5-6,8H2,1H3,(H,18,20)(H2,17,19,21). The van der Waals surface area contributed by atoms with Crippen molar-refractivity contribution in [1.82, 2.24) is 5.32 Å². The van der Waals surface area contributed by atoms with Crippen molar-refractivity contribution in [3.05, 3.63) is 24.3 Å². The molecule has 0 aliphatic heterocycles. The Balaban J connectivity index is 2.41. The molecule has 0 saturated carbocycles. The zero-order valence-electron chi connectivity index (χ0n) is 12.2. The molecule has 3 amide bonds. The molecular formula is C13H16F3N3O3S. The molecule has 0 unspecified atom stereocenters. The number of urea groups is 1. The van der Waals surface area contributed by atoms with Crippen LogP contribution < -0.4 is 16.0 Å². The molecule has 1 aromatic carbocycles. The van der Waals surface area contributed by atoms with Crippen LogP contribution in [0.25, 0.3) is 0 Å². The van der Waals surface area contributed by atoms with Gasteiger partial charge in [-0.3, -0.25) is 4.79 Å². The molecule has 0 atom stereocenters. The van der Waals surface area contributed by atoms with Crippen molar-refractivity contribution in [3.8, 4) is 0 Å². The van der Waals surface area contributed by atoms with Gasteiger partial charge in [0.05, 0.1) is 0 Å². The second-order valence-corrected chi connectivity index (χ2v) is 5.40. The van der Waals surface area contributed by atoms with Gasteiger partial charge in [0, 0.05) is 30.8 Å². The maximum absolute atomic E-state index is 11.9. The quantitative estimate of drug-likeness (QED) is 0.660. The first-order chi connectivity index (χ1) is 10.8. The van der Waals surface area contributed by atoms with Gasteiger partial charge in [0.15, 0.2) is 0 Å². The minimum absolute atomic E-state index is 0.102. The van der Waals surface area contributed by atoms with Crippen LogP contribution in [-0.2, 0) is 9.53 Å². The van der Waals surface area contributed by atoms with Crippen molar-refractivity contribution in [2.45, 2.75) is 5.51 Å². The maximum atomic E-state index is 11.9. The first-order valence-corrected chi connectivity index (χ1v) is 7.43. The van der Waals surface area contributed by atoms with Crippen molar-refractivity contribution in [3.63, 3.8) is 0 Å². The van der Waals surface area contributed by atoms with E-state index >= 15 is 0 Å². The zero-order valence-corrected chi connectivity index (χ0v) is 13.0. The predicted octanol–water partition coefficient (Wildman–Crippen LogP) is 2.65. The van der Waals surface area contributed by atoms with Gasteiger partial charge in [0.2, 0.25) is 5.91 Å². The van der Waals surface area contributed by atoms with Crippen molar-refractivity contribution >= 4 is 35.1 Å². The minimum Gasteiger partial charge on any atom is -0.375 e. The summed E-state index contributed by atoms with van der Waals surface area (Å²) in [5, 5.41) is 7.33. The Labute approximate surface area is 135 Å². The lowest BCUT2D eigenvalue weighted by molar-refractivity contribution is -0.119. The maximum Gasteiger partial charge on any atom is 0.441 e. The number of anilines is 2. The molecule has 10 heteroatoms. The lowest BCUT2D eigenvalue weighted by atomic mass is 10.2. The molecule has 0 aliphatic rings. The lowest BCUT2D eigenvalue weighted by Crippen LogP contribution is -2.31. The van der Waals surface area contributed by atoms with Crippen molar-refractivity contribution in [2.75, 3.05) is 36.6 Å². The number of alkyl halides is 3. The summed E-state index contributed by atoms with van der Waals surface area (Å²) in [5.74, 6) is -0.623. The summed E-state index contributed by atoms with van der Waals surface area (Å²) in [4.78, 5) is 22.9. The van der Waals surface area contributed by atoms with Gasteiger partial charge >= 0.3 is 11.5 Å². The molecule has 3 N–H and O–H groups in total. The number of hydrogen-bond donors (Lipinski definition) is 3. The van der Waals surface area contributed by atoms with Gasteiger partial charge in [-0.05, 0) is 30.0 Å². The number of methoxy groups -OCH3 is 1. The smallest absolute Gasteiger partial charge is 0.375 e. The van der Waals surface area contributed by atoms with E-state index in [1.54, 1.807) is 18.2 Å². The Morgan fingerprint density at radius 3 is 2.48 bits per heavy atom. The lowest BCUT2D eigenvalue weighted by Gasteiger charge is -2.10. The highest BCUT2D eigenvalue weighted by atomic mass is 32.2. The molecule has 0 saturated heterocycles. The van der Waals surface area contributed by atoms with Crippen LogP contribution in [0.15, 0.2) is 24.3 Å². The molecule has 0 bridgehead atoms. The highest BCUT2D eigenvalue weighted by molar-refractivity contribution is 8.00. The molecule has 1 aromatic rings. The predicted molar refractivity (Wildman–Crippen MR) is 82.5 cm³/mol. The summed E-state index contributed by atoms with van der Waals surface area (Å²) in [7, 11) is 1.39. The summed E-state index contributed by atoms with van der Waals surface area (Å²) in [6.07, 6.45) is 0. The van der Waals surface area contributed by atoms with Crippen LogP contribution in [0.2, 0.25) is 0 Å². The Kier molecular flexibility index (Phi) is 7.69. The topological polar surface area (TPSA) is 79.5 Å². The Morgan fingerprint density at radius 1 is 1.22 bits per heavy atom. The monoisotopic (exact) mass is 351 g/mol. The fourth-order valence-corrected chi connectivity index (χ4v) is 1.95. The summed E-state index contributed by atoms with van der Waals surface area (Å²) in [6.45, 7) is -0.227. The van der Waals surface area contributed by atoms with Gasteiger partial charge < -0.3 is 20.7 Å². The first kappa shape index (κ1) is 19.1. The third kappa shape index (κ3) is 8.94. The van der Waals surface area contributed by atoms with Gasteiger partial charge in [-0.15, -0.1) is 0 Å². The first-order valence-electron chi connectivity index (χ1n) is 6.44. The number of carbonyl (C=O) groups is 2. The number of halogens is 3. The van der Waals surface area contributed by atoms with E-state index in [2.05, 4.69) is 20.7 Å². The van der Waals surface area contributed by atoms with Crippen molar-refractivity contribution in [1.29, 1.82) is 0 Å². The van der Waals surface area contributed by atoms with Gasteiger partial charge in [0.25, 0.3) is 0 Å². The number of nitrogens with one attached hydrogen (secondary N) is 3. The third-order valence-electron chi connectivity index (χ3n) is 2.33. The van der Waals surface area contributed by atoms with E-state index in [-0.39, 0.29) is 36.6 Å². The molecule has 23 heavy (non-hydrogen) atoms. The van der Waals surface area contributed by atoms with Gasteiger partial charge in [-0.2, -0.15) is 13.2 Å². The summed E-state index contributed by atoms with van der Waals surface area (Å²) in [6, 6.07) is 5.69. The number of benzene rings is 1. The van der Waals surface area contributed by atoms with Crippen LogP contribution in [0, 0.1) is 0 Å². The SMILES string of the molecule is COCC(=O)Nc1cccc(NC(=O)NCCSC(F)(F)F)c1. The van der Waals surface area contributed by atoms with Crippen LogP contribution in [-0.4, -0.2) is 43.5 Å². The van der Waals surface area contributed by atoms with Crippen LogP contribution in [0.1, 0.15) is 0 Å². The second kappa shape index (κ2) is 9.26. The van der Waals surface area contributed by atoms with Crippen LogP contribution in [0.5, 0.6) is 0 Å². The van der Waals surface area contributed by atoms with Crippen LogP contribution in [0.3, 0.4) is 0 Å². The van der Waals surface area contributed by atoms with Crippen LogP contribution >= 0.6 is 11.8 Å². The van der Waals surface area contributed by atoms with Crippen molar-refractivity contribution in [2.24, 2.45) is 0 Å². The average molecular weight is 351 g/mol. The van der Waals surface area contributed by atoms with Gasteiger partial charge in [0.1, 0.15) is 6.61 Å². The van der Waals surface area contributed by atoms with Crippen LogP contribution in [0.4, 0.5) is 29.3 Å². The molecule has 6 nitrogen and oxygen atoms in total. The van der Waals surface area contributed by atoms with E-state index in [0.29, 0.717) is 11.4 Å². The average Bonchev–Trinajstić information content (AvgIpc) is 2.43. The molecule has 0 radical (unpaired) electrons. The molecule has 1 rings (SSSR count). The highest BCUT2D eigenvalue weighted by Gasteiger charge is 2.27.